The summed E-state index contributed by atoms with van der Waals surface area (Å²) in [6.45, 7) is 1.07. The summed E-state index contributed by atoms with van der Waals surface area (Å²) in [6.07, 6.45) is -4.31. The van der Waals surface area contributed by atoms with Crippen molar-refractivity contribution in [1.82, 2.24) is 4.31 Å². The van der Waals surface area contributed by atoms with Crippen molar-refractivity contribution < 1.29 is 26.7 Å². The summed E-state index contributed by atoms with van der Waals surface area (Å²) in [5, 5.41) is 8.99. The van der Waals surface area contributed by atoms with Crippen LogP contribution in [-0.2, 0) is 16.6 Å². The van der Waals surface area contributed by atoms with Gasteiger partial charge >= 0.3 is 6.18 Å². The summed E-state index contributed by atoms with van der Waals surface area (Å²) in [7, 11) is -4.20. The Hall–Kier alpha value is -0.640. The van der Waals surface area contributed by atoms with Crippen LogP contribution in [0.3, 0.4) is 0 Å². The molecule has 0 aliphatic rings. The highest BCUT2D eigenvalue weighted by atomic mass is 32.2. The fourth-order valence-electron chi connectivity index (χ4n) is 1.73. The highest BCUT2D eigenvalue weighted by Gasteiger charge is 2.37. The van der Waals surface area contributed by atoms with Crippen LogP contribution in [0, 0.1) is 6.92 Å². The van der Waals surface area contributed by atoms with E-state index < -0.39 is 22.7 Å². The van der Waals surface area contributed by atoms with Crippen molar-refractivity contribution in [3.05, 3.63) is 15.8 Å². The van der Waals surface area contributed by atoms with Gasteiger partial charge in [-0.2, -0.15) is 17.5 Å². The summed E-state index contributed by atoms with van der Waals surface area (Å²) in [5.41, 5.74) is 0. The summed E-state index contributed by atoms with van der Waals surface area (Å²) in [6, 6.07) is 1.23. The summed E-state index contributed by atoms with van der Waals surface area (Å²) in [4.78, 5) is 0.617. The maximum Gasteiger partial charge on any atom is 0.402 e. The lowest BCUT2D eigenvalue weighted by Gasteiger charge is -2.22. The summed E-state index contributed by atoms with van der Waals surface area (Å²) in [5.74, 6) is 0. The zero-order chi connectivity index (χ0) is 15.6. The minimum Gasteiger partial charge on any atom is -0.391 e. The molecule has 0 atom stereocenters. The van der Waals surface area contributed by atoms with Crippen LogP contribution < -0.4 is 0 Å². The van der Waals surface area contributed by atoms with Crippen LogP contribution >= 0.6 is 11.3 Å². The molecule has 0 unspecified atom stereocenters. The van der Waals surface area contributed by atoms with E-state index in [1.807, 2.05) is 0 Å². The number of aliphatic hydroxyl groups is 1. The first kappa shape index (κ1) is 17.4. The average Bonchev–Trinajstić information content (AvgIpc) is 2.69. The first-order chi connectivity index (χ1) is 9.11. The predicted molar refractivity (Wildman–Crippen MR) is 70.1 cm³/mol. The van der Waals surface area contributed by atoms with Gasteiger partial charge in [-0.1, -0.05) is 6.92 Å². The number of nitrogens with zero attached hydrogens (tertiary/aromatic N) is 1. The van der Waals surface area contributed by atoms with Crippen LogP contribution in [0.1, 0.15) is 23.1 Å². The zero-order valence-electron chi connectivity index (χ0n) is 11.1. The minimum atomic E-state index is -4.59. The molecule has 0 saturated heterocycles. The Morgan fingerprint density at radius 3 is 2.40 bits per heavy atom. The van der Waals surface area contributed by atoms with E-state index >= 15 is 0 Å². The second-order valence-electron chi connectivity index (χ2n) is 4.25. The number of sulfonamides is 1. The molecule has 20 heavy (non-hydrogen) atoms. The Morgan fingerprint density at radius 1 is 1.40 bits per heavy atom. The standard InChI is InChI=1S/C11H16F3NO3S2/c1-3-4-15(7-11(12,13)14)20(17,18)10-5-9(6-16)19-8(10)2/h5,16H,3-4,6-7H2,1-2H3. The van der Waals surface area contributed by atoms with Gasteiger partial charge in [0, 0.05) is 16.3 Å². The molecule has 0 bridgehead atoms. The van der Waals surface area contributed by atoms with Gasteiger partial charge in [0.25, 0.3) is 0 Å². The Bertz CT molecular complexity index is 552. The third-order valence-corrected chi connectivity index (χ3v) is 5.66. The van der Waals surface area contributed by atoms with Crippen molar-refractivity contribution in [3.8, 4) is 0 Å². The number of aryl methyl sites for hydroxylation is 1. The number of halogens is 3. The smallest absolute Gasteiger partial charge is 0.391 e. The average molecular weight is 331 g/mol. The molecular weight excluding hydrogens is 315 g/mol. The van der Waals surface area contributed by atoms with Gasteiger partial charge in [0.2, 0.25) is 10.0 Å². The Balaban J connectivity index is 3.18. The third-order valence-electron chi connectivity index (χ3n) is 2.53. The van der Waals surface area contributed by atoms with Crippen molar-refractivity contribution in [3.63, 3.8) is 0 Å². The summed E-state index contributed by atoms with van der Waals surface area (Å²) >= 11 is 1.06. The molecule has 9 heteroatoms. The molecular formula is C11H16F3NO3S2. The van der Waals surface area contributed by atoms with E-state index in [1.54, 1.807) is 6.92 Å². The second-order valence-corrected chi connectivity index (χ2v) is 7.49. The largest absolute Gasteiger partial charge is 0.402 e. The van der Waals surface area contributed by atoms with E-state index in [-0.39, 0.29) is 24.5 Å². The highest BCUT2D eigenvalue weighted by molar-refractivity contribution is 7.89. The van der Waals surface area contributed by atoms with Gasteiger partial charge in [0.1, 0.15) is 6.54 Å². The predicted octanol–water partition coefficient (Wildman–Crippen LogP) is 2.51. The SMILES string of the molecule is CCCN(CC(F)(F)F)S(=O)(=O)c1cc(CO)sc1C. The van der Waals surface area contributed by atoms with Crippen LogP contribution in [0.25, 0.3) is 0 Å². The topological polar surface area (TPSA) is 57.6 Å². The molecule has 116 valence electrons. The molecule has 1 rings (SSSR count). The van der Waals surface area contributed by atoms with E-state index in [1.165, 1.54) is 13.0 Å². The lowest BCUT2D eigenvalue weighted by Crippen LogP contribution is -2.39. The molecule has 1 aromatic rings. The van der Waals surface area contributed by atoms with Gasteiger partial charge in [0.15, 0.2) is 0 Å². The van der Waals surface area contributed by atoms with Crippen LogP contribution in [0.5, 0.6) is 0 Å². The van der Waals surface area contributed by atoms with Gasteiger partial charge in [-0.25, -0.2) is 8.42 Å². The van der Waals surface area contributed by atoms with Crippen molar-refractivity contribution in [2.45, 2.75) is 37.9 Å². The number of hydrogen-bond acceptors (Lipinski definition) is 4. The summed E-state index contributed by atoms with van der Waals surface area (Å²) < 4.78 is 62.5. The lowest BCUT2D eigenvalue weighted by molar-refractivity contribution is -0.136. The molecule has 0 radical (unpaired) electrons. The van der Waals surface area contributed by atoms with Gasteiger partial charge in [0.05, 0.1) is 11.5 Å². The normalized spacial score (nSPS) is 13.2. The van der Waals surface area contributed by atoms with Crippen molar-refractivity contribution in [2.24, 2.45) is 0 Å². The molecule has 1 aromatic heterocycles. The molecule has 1 heterocycles. The molecule has 0 aromatic carbocycles. The number of alkyl halides is 3. The van der Waals surface area contributed by atoms with Crippen molar-refractivity contribution >= 4 is 21.4 Å². The number of hydrogen-bond donors (Lipinski definition) is 1. The lowest BCUT2D eigenvalue weighted by atomic mass is 10.4. The molecule has 0 amide bonds. The molecule has 0 fully saturated rings. The Labute approximate surface area is 119 Å². The quantitative estimate of drug-likeness (QED) is 0.871. The molecule has 0 aliphatic heterocycles. The van der Waals surface area contributed by atoms with Gasteiger partial charge in [-0.15, -0.1) is 11.3 Å². The molecule has 1 N–H and O–H groups in total. The first-order valence-electron chi connectivity index (χ1n) is 5.89. The van der Waals surface area contributed by atoms with Crippen LogP contribution in [0.4, 0.5) is 13.2 Å². The van der Waals surface area contributed by atoms with E-state index in [0.717, 1.165) is 11.3 Å². The Kier molecular flexibility index (Phi) is 5.59. The van der Waals surface area contributed by atoms with Gasteiger partial charge in [-0.3, -0.25) is 0 Å². The van der Waals surface area contributed by atoms with Gasteiger partial charge in [-0.05, 0) is 19.4 Å². The number of rotatable bonds is 6. The molecule has 0 aliphatic carbocycles. The maximum atomic E-state index is 12.5. The fraction of sp³-hybridized carbons (Fsp3) is 0.636. The molecule has 4 nitrogen and oxygen atoms in total. The second kappa shape index (κ2) is 6.42. The monoisotopic (exact) mass is 331 g/mol. The first-order valence-corrected chi connectivity index (χ1v) is 8.14. The zero-order valence-corrected chi connectivity index (χ0v) is 12.7. The van der Waals surface area contributed by atoms with Crippen LogP contribution in [-0.4, -0.2) is 37.1 Å². The van der Waals surface area contributed by atoms with Gasteiger partial charge < -0.3 is 5.11 Å². The third kappa shape index (κ3) is 4.18. The van der Waals surface area contributed by atoms with E-state index in [4.69, 9.17) is 5.11 Å². The van der Waals surface area contributed by atoms with Crippen molar-refractivity contribution in [1.29, 1.82) is 0 Å². The maximum absolute atomic E-state index is 12.5. The molecule has 0 spiro atoms. The molecule has 0 saturated carbocycles. The van der Waals surface area contributed by atoms with Crippen molar-refractivity contribution in [2.75, 3.05) is 13.1 Å². The minimum absolute atomic E-state index is 0.163. The fourth-order valence-corrected chi connectivity index (χ4v) is 4.71. The Morgan fingerprint density at radius 2 is 2.00 bits per heavy atom. The van der Waals surface area contributed by atoms with E-state index in [2.05, 4.69) is 0 Å². The van der Waals surface area contributed by atoms with E-state index in [0.29, 0.717) is 14.1 Å². The van der Waals surface area contributed by atoms with Crippen LogP contribution in [0.15, 0.2) is 11.0 Å². The number of aliphatic hydroxyl groups excluding tert-OH is 1. The number of thiophene rings is 1. The van der Waals surface area contributed by atoms with E-state index in [9.17, 15) is 21.6 Å². The van der Waals surface area contributed by atoms with Crippen LogP contribution in [0.2, 0.25) is 0 Å². The highest BCUT2D eigenvalue weighted by Crippen LogP contribution is 2.30.